The van der Waals surface area contributed by atoms with Crippen LogP contribution in [0.5, 0.6) is 0 Å². The maximum Gasteiger partial charge on any atom is 0.251 e. The summed E-state index contributed by atoms with van der Waals surface area (Å²) in [6, 6.07) is 7.61. The molecule has 0 heterocycles. The molecule has 0 aliphatic rings. The van der Waals surface area contributed by atoms with Crippen LogP contribution in [0, 0.1) is 0 Å². The first-order chi connectivity index (χ1) is 9.12. The number of nitrogens with zero attached hydrogens (tertiary/aromatic N) is 1. The van der Waals surface area contributed by atoms with Crippen molar-refractivity contribution in [3.8, 4) is 0 Å². The number of amides is 1. The maximum atomic E-state index is 12.0. The van der Waals surface area contributed by atoms with Gasteiger partial charge in [-0.3, -0.25) is 4.79 Å². The average Bonchev–Trinajstić information content (AvgIpc) is 2.45. The summed E-state index contributed by atoms with van der Waals surface area (Å²) in [5.74, 6) is -0.0778. The maximum absolute atomic E-state index is 12.0. The molecular weight excluding hydrogens is 240 g/mol. The summed E-state index contributed by atoms with van der Waals surface area (Å²) in [6.45, 7) is 5.11. The van der Waals surface area contributed by atoms with Crippen molar-refractivity contribution in [3.05, 3.63) is 29.8 Å². The lowest BCUT2D eigenvalue weighted by atomic mass is 10.1. The Morgan fingerprint density at radius 1 is 1.32 bits per heavy atom. The fourth-order valence-corrected chi connectivity index (χ4v) is 1.85. The smallest absolute Gasteiger partial charge is 0.251 e. The number of carbonyl (C=O) groups is 1. The molecule has 0 aromatic heterocycles. The number of nitrogens with one attached hydrogen (secondary N) is 1. The Kier molecular flexibility index (Phi) is 6.36. The fourth-order valence-electron chi connectivity index (χ4n) is 1.85. The van der Waals surface area contributed by atoms with Crippen LogP contribution < -0.4 is 10.2 Å². The summed E-state index contributed by atoms with van der Waals surface area (Å²) in [4.78, 5) is 14.1. The van der Waals surface area contributed by atoms with Crippen LogP contribution in [0.15, 0.2) is 24.3 Å². The van der Waals surface area contributed by atoms with Gasteiger partial charge >= 0.3 is 0 Å². The van der Waals surface area contributed by atoms with Gasteiger partial charge in [0, 0.05) is 37.5 Å². The first-order valence-electron chi connectivity index (χ1n) is 6.85. The highest BCUT2D eigenvalue weighted by Crippen LogP contribution is 2.13. The van der Waals surface area contributed by atoms with Gasteiger partial charge in [-0.1, -0.05) is 6.92 Å². The molecule has 4 heteroatoms. The van der Waals surface area contributed by atoms with Gasteiger partial charge in [-0.2, -0.15) is 0 Å². The quantitative estimate of drug-likeness (QED) is 0.792. The largest absolute Gasteiger partial charge is 0.396 e. The SMILES string of the molecule is CCC(CCO)NC(=O)c1ccc(N(C)CC)cc1. The second-order valence-corrected chi connectivity index (χ2v) is 4.65. The lowest BCUT2D eigenvalue weighted by Crippen LogP contribution is -2.35. The summed E-state index contributed by atoms with van der Waals surface area (Å²) in [7, 11) is 2.02. The molecule has 0 saturated carbocycles. The highest BCUT2D eigenvalue weighted by atomic mass is 16.3. The monoisotopic (exact) mass is 264 g/mol. The molecule has 0 aliphatic heterocycles. The minimum Gasteiger partial charge on any atom is -0.396 e. The molecular formula is C15H24N2O2. The molecule has 1 rings (SSSR count). The van der Waals surface area contributed by atoms with E-state index < -0.39 is 0 Å². The standard InChI is InChI=1S/C15H24N2O2/c1-4-13(10-11-18)16-15(19)12-6-8-14(9-7-12)17(3)5-2/h6-9,13,18H,4-5,10-11H2,1-3H3,(H,16,19). The minimum absolute atomic E-state index is 0.0375. The molecule has 1 atom stereocenters. The molecule has 0 radical (unpaired) electrons. The molecule has 0 saturated heterocycles. The number of anilines is 1. The van der Waals surface area contributed by atoms with Gasteiger partial charge in [0.25, 0.3) is 5.91 Å². The zero-order valence-electron chi connectivity index (χ0n) is 12.0. The Hall–Kier alpha value is -1.55. The predicted molar refractivity (Wildman–Crippen MR) is 78.6 cm³/mol. The number of carbonyl (C=O) groups excluding carboxylic acids is 1. The third kappa shape index (κ3) is 4.56. The number of hydrogen-bond donors (Lipinski definition) is 2. The van der Waals surface area contributed by atoms with Gasteiger partial charge in [-0.25, -0.2) is 0 Å². The summed E-state index contributed by atoms with van der Waals surface area (Å²) < 4.78 is 0. The van der Waals surface area contributed by atoms with E-state index in [1.807, 2.05) is 38.2 Å². The number of hydrogen-bond acceptors (Lipinski definition) is 3. The molecule has 0 aliphatic carbocycles. The molecule has 1 aromatic carbocycles. The number of rotatable bonds is 7. The molecule has 1 amide bonds. The Balaban J connectivity index is 2.67. The number of benzene rings is 1. The summed E-state index contributed by atoms with van der Waals surface area (Å²) in [5, 5.41) is 11.9. The van der Waals surface area contributed by atoms with E-state index in [-0.39, 0.29) is 18.6 Å². The third-order valence-corrected chi connectivity index (χ3v) is 3.35. The van der Waals surface area contributed by atoms with Crippen LogP contribution in [-0.2, 0) is 0 Å². The topological polar surface area (TPSA) is 52.6 Å². The predicted octanol–water partition coefficient (Wildman–Crippen LogP) is 2.03. The van der Waals surface area contributed by atoms with Gasteiger partial charge < -0.3 is 15.3 Å². The lowest BCUT2D eigenvalue weighted by Gasteiger charge is -2.18. The van der Waals surface area contributed by atoms with Crippen molar-refractivity contribution >= 4 is 11.6 Å². The van der Waals surface area contributed by atoms with E-state index in [1.165, 1.54) is 0 Å². The van der Waals surface area contributed by atoms with Crippen LogP contribution in [0.4, 0.5) is 5.69 Å². The van der Waals surface area contributed by atoms with Crippen LogP contribution >= 0.6 is 0 Å². The first-order valence-corrected chi connectivity index (χ1v) is 6.85. The van der Waals surface area contributed by atoms with Gasteiger partial charge in [0.05, 0.1) is 0 Å². The van der Waals surface area contributed by atoms with Gasteiger partial charge in [0.15, 0.2) is 0 Å². The van der Waals surface area contributed by atoms with E-state index in [4.69, 9.17) is 5.11 Å². The van der Waals surface area contributed by atoms with Gasteiger partial charge in [-0.05, 0) is 44.0 Å². The van der Waals surface area contributed by atoms with Crippen molar-refractivity contribution in [3.63, 3.8) is 0 Å². The van der Waals surface area contributed by atoms with Crippen LogP contribution in [0.1, 0.15) is 37.0 Å². The van der Waals surface area contributed by atoms with E-state index in [0.29, 0.717) is 12.0 Å². The zero-order chi connectivity index (χ0) is 14.3. The van der Waals surface area contributed by atoms with Gasteiger partial charge in [0.1, 0.15) is 0 Å². The average molecular weight is 264 g/mol. The number of aliphatic hydroxyl groups excluding tert-OH is 1. The normalized spacial score (nSPS) is 12.0. The van der Waals surface area contributed by atoms with Crippen molar-refractivity contribution in [2.45, 2.75) is 32.7 Å². The Bertz CT molecular complexity index is 390. The summed E-state index contributed by atoms with van der Waals surface area (Å²) >= 11 is 0. The van der Waals surface area contributed by atoms with Crippen molar-refractivity contribution < 1.29 is 9.90 Å². The number of aliphatic hydroxyl groups is 1. The minimum atomic E-state index is -0.0778. The zero-order valence-corrected chi connectivity index (χ0v) is 12.0. The summed E-state index contributed by atoms with van der Waals surface area (Å²) in [5.41, 5.74) is 1.76. The Labute approximate surface area is 115 Å². The second-order valence-electron chi connectivity index (χ2n) is 4.65. The second kappa shape index (κ2) is 7.79. The third-order valence-electron chi connectivity index (χ3n) is 3.35. The molecule has 2 N–H and O–H groups in total. The van der Waals surface area contributed by atoms with E-state index in [1.54, 1.807) is 0 Å². The van der Waals surface area contributed by atoms with Crippen molar-refractivity contribution in [2.75, 3.05) is 25.1 Å². The molecule has 0 bridgehead atoms. The Morgan fingerprint density at radius 3 is 2.42 bits per heavy atom. The van der Waals surface area contributed by atoms with Crippen LogP contribution in [-0.4, -0.2) is 37.3 Å². The van der Waals surface area contributed by atoms with Crippen molar-refractivity contribution in [1.29, 1.82) is 0 Å². The van der Waals surface area contributed by atoms with E-state index >= 15 is 0 Å². The van der Waals surface area contributed by atoms with Crippen molar-refractivity contribution in [2.24, 2.45) is 0 Å². The first kappa shape index (κ1) is 15.5. The van der Waals surface area contributed by atoms with Crippen LogP contribution in [0.2, 0.25) is 0 Å². The van der Waals surface area contributed by atoms with E-state index in [2.05, 4.69) is 17.1 Å². The Morgan fingerprint density at radius 2 is 1.95 bits per heavy atom. The van der Waals surface area contributed by atoms with Crippen LogP contribution in [0.3, 0.4) is 0 Å². The van der Waals surface area contributed by atoms with Crippen LogP contribution in [0.25, 0.3) is 0 Å². The molecule has 106 valence electrons. The van der Waals surface area contributed by atoms with Gasteiger partial charge in [0.2, 0.25) is 0 Å². The van der Waals surface area contributed by atoms with E-state index in [0.717, 1.165) is 18.7 Å². The van der Waals surface area contributed by atoms with Crippen molar-refractivity contribution in [1.82, 2.24) is 5.32 Å². The molecule has 1 aromatic rings. The molecule has 1 unspecified atom stereocenters. The lowest BCUT2D eigenvalue weighted by molar-refractivity contribution is 0.0929. The molecule has 4 nitrogen and oxygen atoms in total. The summed E-state index contributed by atoms with van der Waals surface area (Å²) in [6.07, 6.45) is 1.42. The van der Waals surface area contributed by atoms with Gasteiger partial charge in [-0.15, -0.1) is 0 Å². The highest BCUT2D eigenvalue weighted by Gasteiger charge is 2.11. The fraction of sp³-hybridized carbons (Fsp3) is 0.533. The molecule has 19 heavy (non-hydrogen) atoms. The molecule has 0 fully saturated rings. The highest BCUT2D eigenvalue weighted by molar-refractivity contribution is 5.94. The molecule has 0 spiro atoms. The van der Waals surface area contributed by atoms with E-state index in [9.17, 15) is 4.79 Å².